The number of carbonyl (C=O) groups is 1. The molecule has 2 heterocycles. The molecule has 114 valence electrons. The number of halogens is 1. The van der Waals surface area contributed by atoms with Gasteiger partial charge in [0.05, 0.1) is 0 Å². The van der Waals surface area contributed by atoms with E-state index in [9.17, 15) is 9.18 Å². The molecule has 1 saturated heterocycles. The minimum absolute atomic E-state index is 0.169. The molecule has 1 fully saturated rings. The predicted octanol–water partition coefficient (Wildman–Crippen LogP) is 2.96. The minimum Gasteiger partial charge on any atom is -0.341 e. The standard InChI is InChI=1S/C16H21FN2OS/c1-2-16(20)19-7-5-12(10-19)18-14-6-8-21-15-4-3-11(17)9-13(14)15/h3-4,9,12,14,18H,2,5-8,10H2,1H3/t12-,14-/m1/s1. The van der Waals surface area contributed by atoms with Crippen LogP contribution in [0.5, 0.6) is 0 Å². The van der Waals surface area contributed by atoms with Crippen LogP contribution in [-0.4, -0.2) is 35.7 Å². The van der Waals surface area contributed by atoms with Crippen LogP contribution in [-0.2, 0) is 4.79 Å². The lowest BCUT2D eigenvalue weighted by atomic mass is 10.0. The number of rotatable bonds is 3. The normalized spacial score (nSPS) is 25.0. The Hall–Kier alpha value is -1.07. The second-order valence-electron chi connectivity index (χ2n) is 5.72. The molecule has 1 amide bonds. The molecule has 3 nitrogen and oxygen atoms in total. The maximum absolute atomic E-state index is 13.5. The van der Waals surface area contributed by atoms with E-state index in [1.54, 1.807) is 17.8 Å². The summed E-state index contributed by atoms with van der Waals surface area (Å²) in [6.45, 7) is 3.52. The first-order chi connectivity index (χ1) is 10.2. The SMILES string of the molecule is CCC(=O)N1CC[C@@H](N[C@@H]2CCSc3ccc(F)cc32)C1. The van der Waals surface area contributed by atoms with Gasteiger partial charge in [0.25, 0.3) is 0 Å². The molecular formula is C16H21FN2OS. The van der Waals surface area contributed by atoms with Crippen LogP contribution in [0, 0.1) is 5.82 Å². The van der Waals surface area contributed by atoms with Crippen LogP contribution >= 0.6 is 11.8 Å². The quantitative estimate of drug-likeness (QED) is 0.932. The summed E-state index contributed by atoms with van der Waals surface area (Å²) in [4.78, 5) is 14.9. The molecule has 1 aromatic rings. The number of fused-ring (bicyclic) bond motifs is 1. The summed E-state index contributed by atoms with van der Waals surface area (Å²) >= 11 is 1.80. The zero-order valence-corrected chi connectivity index (χ0v) is 13.1. The molecule has 1 aromatic carbocycles. The molecule has 0 radical (unpaired) electrons. The second kappa shape index (κ2) is 6.36. The third kappa shape index (κ3) is 3.24. The maximum Gasteiger partial charge on any atom is 0.222 e. The van der Waals surface area contributed by atoms with Crippen molar-refractivity contribution < 1.29 is 9.18 Å². The van der Waals surface area contributed by atoms with Gasteiger partial charge in [0.1, 0.15) is 5.82 Å². The van der Waals surface area contributed by atoms with Crippen LogP contribution in [0.2, 0.25) is 0 Å². The molecular weight excluding hydrogens is 287 g/mol. The van der Waals surface area contributed by atoms with Gasteiger partial charge in [-0.3, -0.25) is 4.79 Å². The van der Waals surface area contributed by atoms with Gasteiger partial charge in [-0.1, -0.05) is 6.92 Å². The number of hydrogen-bond acceptors (Lipinski definition) is 3. The van der Waals surface area contributed by atoms with Crippen LogP contribution < -0.4 is 5.32 Å². The van der Waals surface area contributed by atoms with E-state index >= 15 is 0 Å². The van der Waals surface area contributed by atoms with Crippen molar-refractivity contribution in [2.75, 3.05) is 18.8 Å². The fraction of sp³-hybridized carbons (Fsp3) is 0.562. The van der Waals surface area contributed by atoms with Gasteiger partial charge in [-0.2, -0.15) is 0 Å². The molecule has 2 atom stereocenters. The van der Waals surface area contributed by atoms with E-state index in [2.05, 4.69) is 5.32 Å². The Morgan fingerprint density at radius 3 is 3.14 bits per heavy atom. The Morgan fingerprint density at radius 2 is 2.33 bits per heavy atom. The van der Waals surface area contributed by atoms with Crippen molar-refractivity contribution in [2.45, 2.75) is 43.2 Å². The highest BCUT2D eigenvalue weighted by Crippen LogP contribution is 2.37. The maximum atomic E-state index is 13.5. The predicted molar refractivity (Wildman–Crippen MR) is 82.9 cm³/mol. The number of nitrogens with one attached hydrogen (secondary N) is 1. The van der Waals surface area contributed by atoms with Crippen molar-refractivity contribution in [3.8, 4) is 0 Å². The highest BCUT2D eigenvalue weighted by atomic mass is 32.2. The van der Waals surface area contributed by atoms with E-state index in [0.29, 0.717) is 12.5 Å². The highest BCUT2D eigenvalue weighted by molar-refractivity contribution is 7.99. The van der Waals surface area contributed by atoms with Gasteiger partial charge >= 0.3 is 0 Å². The first-order valence-electron chi connectivity index (χ1n) is 7.63. The van der Waals surface area contributed by atoms with Crippen LogP contribution in [0.3, 0.4) is 0 Å². The van der Waals surface area contributed by atoms with Gasteiger partial charge < -0.3 is 10.2 Å². The largest absolute Gasteiger partial charge is 0.341 e. The van der Waals surface area contributed by atoms with Crippen molar-refractivity contribution in [2.24, 2.45) is 0 Å². The summed E-state index contributed by atoms with van der Waals surface area (Å²) in [6.07, 6.45) is 2.57. The molecule has 1 N–H and O–H groups in total. The molecule has 2 aliphatic heterocycles. The lowest BCUT2D eigenvalue weighted by molar-refractivity contribution is -0.129. The minimum atomic E-state index is -0.169. The van der Waals surface area contributed by atoms with Gasteiger partial charge in [0, 0.05) is 36.5 Å². The Bertz CT molecular complexity index is 537. The molecule has 5 heteroatoms. The fourth-order valence-corrected chi connectivity index (χ4v) is 4.27. The molecule has 0 aromatic heterocycles. The van der Waals surface area contributed by atoms with Crippen molar-refractivity contribution in [3.05, 3.63) is 29.6 Å². The highest BCUT2D eigenvalue weighted by Gasteiger charge is 2.29. The van der Waals surface area contributed by atoms with E-state index in [-0.39, 0.29) is 17.8 Å². The monoisotopic (exact) mass is 308 g/mol. The molecule has 21 heavy (non-hydrogen) atoms. The van der Waals surface area contributed by atoms with Gasteiger partial charge in [-0.15, -0.1) is 11.8 Å². The van der Waals surface area contributed by atoms with Gasteiger partial charge in [-0.25, -0.2) is 4.39 Å². The summed E-state index contributed by atoms with van der Waals surface area (Å²) in [6, 6.07) is 5.60. The van der Waals surface area contributed by atoms with Crippen LogP contribution in [0.1, 0.15) is 37.8 Å². The first-order valence-corrected chi connectivity index (χ1v) is 8.62. The number of carbonyl (C=O) groups excluding carboxylic acids is 1. The number of benzene rings is 1. The smallest absolute Gasteiger partial charge is 0.222 e. The van der Waals surface area contributed by atoms with E-state index in [0.717, 1.165) is 37.2 Å². The third-order valence-electron chi connectivity index (χ3n) is 4.29. The molecule has 0 unspecified atom stereocenters. The summed E-state index contributed by atoms with van der Waals surface area (Å²) in [5.74, 6) is 1.11. The zero-order valence-electron chi connectivity index (χ0n) is 12.3. The summed E-state index contributed by atoms with van der Waals surface area (Å²) in [5, 5.41) is 3.64. The fourth-order valence-electron chi connectivity index (χ4n) is 3.17. The van der Waals surface area contributed by atoms with Gasteiger partial charge in [0.15, 0.2) is 0 Å². The Kier molecular flexibility index (Phi) is 4.50. The van der Waals surface area contributed by atoms with Crippen molar-refractivity contribution in [1.82, 2.24) is 10.2 Å². The van der Waals surface area contributed by atoms with Crippen molar-refractivity contribution >= 4 is 17.7 Å². The number of thioether (sulfide) groups is 1. The average Bonchev–Trinajstić information content (AvgIpc) is 2.95. The topological polar surface area (TPSA) is 32.3 Å². The van der Waals surface area contributed by atoms with Crippen molar-refractivity contribution in [3.63, 3.8) is 0 Å². The number of hydrogen-bond donors (Lipinski definition) is 1. The molecule has 0 spiro atoms. The number of nitrogens with zero attached hydrogens (tertiary/aromatic N) is 1. The first kappa shape index (κ1) is 14.9. The Balaban J connectivity index is 1.67. The molecule has 0 saturated carbocycles. The molecule has 0 aliphatic carbocycles. The number of amides is 1. The van der Waals surface area contributed by atoms with Gasteiger partial charge in [-0.05, 0) is 42.4 Å². The second-order valence-corrected chi connectivity index (χ2v) is 6.85. The van der Waals surface area contributed by atoms with E-state index in [4.69, 9.17) is 0 Å². The molecule has 0 bridgehead atoms. The lowest BCUT2D eigenvalue weighted by Gasteiger charge is -2.29. The average molecular weight is 308 g/mol. The Morgan fingerprint density at radius 1 is 1.48 bits per heavy atom. The summed E-state index contributed by atoms with van der Waals surface area (Å²) in [5.41, 5.74) is 1.08. The van der Waals surface area contributed by atoms with Crippen molar-refractivity contribution in [1.29, 1.82) is 0 Å². The lowest BCUT2D eigenvalue weighted by Crippen LogP contribution is -2.38. The van der Waals surface area contributed by atoms with Crippen LogP contribution in [0.4, 0.5) is 4.39 Å². The van der Waals surface area contributed by atoms with E-state index in [1.165, 1.54) is 11.0 Å². The van der Waals surface area contributed by atoms with Gasteiger partial charge in [0.2, 0.25) is 5.91 Å². The van der Waals surface area contributed by atoms with Crippen LogP contribution in [0.25, 0.3) is 0 Å². The van der Waals surface area contributed by atoms with E-state index < -0.39 is 0 Å². The number of likely N-dealkylation sites (tertiary alicyclic amines) is 1. The van der Waals surface area contributed by atoms with Crippen LogP contribution in [0.15, 0.2) is 23.1 Å². The zero-order chi connectivity index (χ0) is 14.8. The Labute approximate surface area is 129 Å². The summed E-state index contributed by atoms with van der Waals surface area (Å²) < 4.78 is 13.5. The summed E-state index contributed by atoms with van der Waals surface area (Å²) in [7, 11) is 0. The third-order valence-corrected chi connectivity index (χ3v) is 5.41. The molecule has 3 rings (SSSR count). The molecule has 2 aliphatic rings. The van der Waals surface area contributed by atoms with E-state index in [1.807, 2.05) is 17.9 Å².